The summed E-state index contributed by atoms with van der Waals surface area (Å²) in [6.07, 6.45) is 0.687. The summed E-state index contributed by atoms with van der Waals surface area (Å²) in [5.74, 6) is -0.741. The van der Waals surface area contributed by atoms with Crippen LogP contribution in [0.1, 0.15) is 24.0 Å². The molecule has 0 fully saturated rings. The van der Waals surface area contributed by atoms with Crippen LogP contribution in [0.25, 0.3) is 0 Å². The molecule has 0 heterocycles. The molecule has 1 aliphatic carbocycles. The van der Waals surface area contributed by atoms with E-state index in [0.29, 0.717) is 6.42 Å². The second-order valence-electron chi connectivity index (χ2n) is 3.64. The predicted molar refractivity (Wildman–Crippen MR) is 49.7 cm³/mol. The topological polar surface area (TPSA) is 37.3 Å². The molecule has 0 aromatic heterocycles. The van der Waals surface area contributed by atoms with Crippen LogP contribution >= 0.6 is 0 Å². The monoisotopic (exact) mass is 176 g/mol. The molecule has 1 aromatic carbocycles. The maximum absolute atomic E-state index is 10.9. The molecule has 1 aliphatic rings. The summed E-state index contributed by atoms with van der Waals surface area (Å²) in [6.45, 7) is 1.99. The normalized spacial score (nSPS) is 25.6. The van der Waals surface area contributed by atoms with E-state index in [-0.39, 0.29) is 11.8 Å². The molecule has 68 valence electrons. The maximum Gasteiger partial charge on any atom is 0.307 e. The lowest BCUT2D eigenvalue weighted by atomic mass is 9.95. The van der Waals surface area contributed by atoms with Crippen LogP contribution in [0.3, 0.4) is 0 Å². The summed E-state index contributed by atoms with van der Waals surface area (Å²) in [4.78, 5) is 10.9. The van der Waals surface area contributed by atoms with Crippen molar-refractivity contribution in [2.24, 2.45) is 5.92 Å². The van der Waals surface area contributed by atoms with Crippen LogP contribution in [0.15, 0.2) is 24.3 Å². The summed E-state index contributed by atoms with van der Waals surface area (Å²) in [5, 5.41) is 8.96. The van der Waals surface area contributed by atoms with Crippen LogP contribution in [0.4, 0.5) is 0 Å². The van der Waals surface area contributed by atoms with E-state index in [1.807, 2.05) is 31.2 Å². The number of carboxylic acids is 1. The van der Waals surface area contributed by atoms with E-state index in [4.69, 9.17) is 5.11 Å². The third kappa shape index (κ3) is 1.22. The summed E-state index contributed by atoms with van der Waals surface area (Å²) in [6, 6.07) is 7.99. The van der Waals surface area contributed by atoms with Gasteiger partial charge in [0.1, 0.15) is 0 Å². The van der Waals surface area contributed by atoms with Crippen molar-refractivity contribution in [1.82, 2.24) is 0 Å². The number of carboxylic acid groups (broad SMARTS) is 1. The Morgan fingerprint density at radius 1 is 1.46 bits per heavy atom. The minimum atomic E-state index is -0.677. The van der Waals surface area contributed by atoms with Crippen LogP contribution in [-0.4, -0.2) is 11.1 Å². The molecule has 2 nitrogen and oxygen atoms in total. The lowest BCUT2D eigenvalue weighted by molar-refractivity contribution is -0.142. The smallest absolute Gasteiger partial charge is 0.307 e. The molecule has 13 heavy (non-hydrogen) atoms. The minimum absolute atomic E-state index is 0.161. The Hall–Kier alpha value is -1.31. The van der Waals surface area contributed by atoms with E-state index in [2.05, 4.69) is 0 Å². The van der Waals surface area contributed by atoms with Gasteiger partial charge in [0, 0.05) is 0 Å². The summed E-state index contributed by atoms with van der Waals surface area (Å²) < 4.78 is 0. The van der Waals surface area contributed by atoms with Crippen molar-refractivity contribution in [1.29, 1.82) is 0 Å². The number of hydrogen-bond donors (Lipinski definition) is 1. The molecule has 0 saturated carbocycles. The largest absolute Gasteiger partial charge is 0.481 e. The average molecular weight is 176 g/mol. The SMILES string of the molecule is C[C@H]1c2ccccc2C[C@@H]1C(=O)O. The fraction of sp³-hybridized carbons (Fsp3) is 0.364. The molecule has 2 rings (SSSR count). The van der Waals surface area contributed by atoms with Crippen molar-refractivity contribution in [3.05, 3.63) is 35.4 Å². The molecule has 0 radical (unpaired) electrons. The first-order chi connectivity index (χ1) is 6.20. The number of carbonyl (C=O) groups is 1. The van der Waals surface area contributed by atoms with Crippen LogP contribution in [0.5, 0.6) is 0 Å². The average Bonchev–Trinajstić information content (AvgIpc) is 2.45. The van der Waals surface area contributed by atoms with Gasteiger partial charge in [0.2, 0.25) is 0 Å². The van der Waals surface area contributed by atoms with Gasteiger partial charge in [0.15, 0.2) is 0 Å². The lowest BCUT2D eigenvalue weighted by Gasteiger charge is -2.09. The summed E-state index contributed by atoms with van der Waals surface area (Å²) in [5.41, 5.74) is 2.40. The zero-order chi connectivity index (χ0) is 9.42. The fourth-order valence-electron chi connectivity index (χ4n) is 2.10. The van der Waals surface area contributed by atoms with Crippen molar-refractivity contribution >= 4 is 5.97 Å². The number of aliphatic carboxylic acids is 1. The van der Waals surface area contributed by atoms with Gasteiger partial charge in [-0.25, -0.2) is 0 Å². The third-order valence-electron chi connectivity index (χ3n) is 2.91. The molecule has 2 heteroatoms. The molecule has 0 saturated heterocycles. The van der Waals surface area contributed by atoms with Gasteiger partial charge in [-0.15, -0.1) is 0 Å². The van der Waals surface area contributed by atoms with Crippen molar-refractivity contribution in [3.63, 3.8) is 0 Å². The van der Waals surface area contributed by atoms with Crippen LogP contribution in [0, 0.1) is 5.92 Å². The Balaban J connectivity index is 2.38. The number of rotatable bonds is 1. The Morgan fingerprint density at radius 3 is 2.77 bits per heavy atom. The Labute approximate surface area is 77.2 Å². The van der Waals surface area contributed by atoms with Crippen molar-refractivity contribution < 1.29 is 9.90 Å². The molecule has 0 unspecified atom stereocenters. The summed E-state index contributed by atoms with van der Waals surface area (Å²) >= 11 is 0. The summed E-state index contributed by atoms with van der Waals surface area (Å²) in [7, 11) is 0. The van der Waals surface area contributed by atoms with E-state index in [1.165, 1.54) is 11.1 Å². The highest BCUT2D eigenvalue weighted by atomic mass is 16.4. The van der Waals surface area contributed by atoms with Gasteiger partial charge < -0.3 is 5.11 Å². The van der Waals surface area contributed by atoms with Gasteiger partial charge in [-0.2, -0.15) is 0 Å². The van der Waals surface area contributed by atoms with Crippen LogP contribution < -0.4 is 0 Å². The van der Waals surface area contributed by atoms with E-state index in [9.17, 15) is 4.79 Å². The van der Waals surface area contributed by atoms with Gasteiger partial charge in [-0.05, 0) is 23.5 Å². The molecule has 1 N–H and O–H groups in total. The fourth-order valence-corrected chi connectivity index (χ4v) is 2.10. The quantitative estimate of drug-likeness (QED) is 0.711. The van der Waals surface area contributed by atoms with Gasteiger partial charge in [-0.1, -0.05) is 31.2 Å². The second-order valence-corrected chi connectivity index (χ2v) is 3.64. The van der Waals surface area contributed by atoms with Crippen LogP contribution in [-0.2, 0) is 11.2 Å². The van der Waals surface area contributed by atoms with Crippen molar-refractivity contribution in [2.45, 2.75) is 19.3 Å². The third-order valence-corrected chi connectivity index (χ3v) is 2.91. The highest BCUT2D eigenvalue weighted by Gasteiger charge is 2.33. The molecule has 0 aliphatic heterocycles. The number of fused-ring (bicyclic) bond motifs is 1. The Bertz CT molecular complexity index is 344. The zero-order valence-electron chi connectivity index (χ0n) is 7.53. The first-order valence-corrected chi connectivity index (χ1v) is 4.50. The first-order valence-electron chi connectivity index (χ1n) is 4.50. The van der Waals surface area contributed by atoms with E-state index < -0.39 is 5.97 Å². The first kappa shape index (κ1) is 8.30. The minimum Gasteiger partial charge on any atom is -0.481 e. The van der Waals surface area contributed by atoms with Crippen LogP contribution in [0.2, 0.25) is 0 Å². The molecular formula is C11H12O2. The van der Waals surface area contributed by atoms with Crippen molar-refractivity contribution in [2.75, 3.05) is 0 Å². The van der Waals surface area contributed by atoms with E-state index in [0.717, 1.165) is 0 Å². The zero-order valence-corrected chi connectivity index (χ0v) is 7.53. The van der Waals surface area contributed by atoms with E-state index in [1.54, 1.807) is 0 Å². The molecule has 2 atom stereocenters. The van der Waals surface area contributed by atoms with Gasteiger partial charge >= 0.3 is 5.97 Å². The number of benzene rings is 1. The maximum atomic E-state index is 10.9. The van der Waals surface area contributed by atoms with Crippen molar-refractivity contribution in [3.8, 4) is 0 Å². The standard InChI is InChI=1S/C11H12O2/c1-7-9-5-3-2-4-8(9)6-10(7)11(12)13/h2-5,7,10H,6H2,1H3,(H,12,13)/t7-,10-/m0/s1. The molecular weight excluding hydrogens is 164 g/mol. The molecule has 0 spiro atoms. The van der Waals surface area contributed by atoms with E-state index >= 15 is 0 Å². The van der Waals surface area contributed by atoms with Gasteiger partial charge in [-0.3, -0.25) is 4.79 Å². The van der Waals surface area contributed by atoms with Gasteiger partial charge in [0.05, 0.1) is 5.92 Å². The molecule has 1 aromatic rings. The predicted octanol–water partition coefficient (Wildman–Crippen LogP) is 2.05. The highest BCUT2D eigenvalue weighted by Crippen LogP contribution is 2.37. The Morgan fingerprint density at radius 2 is 2.15 bits per heavy atom. The Kier molecular flexibility index (Phi) is 1.83. The lowest BCUT2D eigenvalue weighted by Crippen LogP contribution is -2.16. The second kappa shape index (κ2) is 2.87. The molecule has 0 amide bonds. The number of hydrogen-bond acceptors (Lipinski definition) is 1. The molecule has 0 bridgehead atoms. The highest BCUT2D eigenvalue weighted by molar-refractivity contribution is 5.73. The van der Waals surface area contributed by atoms with Gasteiger partial charge in [0.25, 0.3) is 0 Å².